The van der Waals surface area contributed by atoms with Gasteiger partial charge in [0.15, 0.2) is 26.2 Å². The van der Waals surface area contributed by atoms with E-state index in [-0.39, 0.29) is 17.1 Å². The van der Waals surface area contributed by atoms with Crippen molar-refractivity contribution in [3.63, 3.8) is 0 Å². The Kier molecular flexibility index (Phi) is 13.8. The molecule has 2 heterocycles. The third kappa shape index (κ3) is 9.55. The molecule has 2 nitrogen and oxygen atoms in total. The van der Waals surface area contributed by atoms with Gasteiger partial charge in [-0.3, -0.25) is 0 Å². The third-order valence-electron chi connectivity index (χ3n) is 2.62. The Morgan fingerprint density at radius 2 is 1.00 bits per heavy atom. The molecular formula is C10H22CuN2S6+6. The molecule has 0 spiro atoms. The smallest absolute Gasteiger partial charge is 0.182 e. The Morgan fingerprint density at radius 1 is 0.737 bits per heavy atom. The zero-order valence-corrected chi connectivity index (χ0v) is 16.9. The molecule has 0 aromatic heterocycles. The molecule has 0 atom stereocenters. The standard InChI is InChI=1S/2C5H9NS3.Cu/c2*7-5(8)6-1-3-9-4-2-6;/h2*1-4H2,(H,7,8);/q;;+2/p+4. The van der Waals surface area contributed by atoms with Crippen LogP contribution in [0.1, 0.15) is 0 Å². The third-order valence-corrected chi connectivity index (χ3v) is 5.70. The van der Waals surface area contributed by atoms with Crippen molar-refractivity contribution in [1.29, 1.82) is 0 Å². The first-order valence-electron chi connectivity index (χ1n) is 5.81. The van der Waals surface area contributed by atoms with Gasteiger partial charge in [0, 0.05) is 0 Å². The molecule has 2 aliphatic heterocycles. The zero-order valence-electron chi connectivity index (χ0n) is 10.6. The van der Waals surface area contributed by atoms with Crippen LogP contribution in [0.3, 0.4) is 0 Å². The molecule has 0 unspecified atom stereocenters. The van der Waals surface area contributed by atoms with Crippen LogP contribution in [0.5, 0.6) is 0 Å². The van der Waals surface area contributed by atoms with Crippen LogP contribution in [0.4, 0.5) is 0 Å². The van der Waals surface area contributed by atoms with Crippen molar-refractivity contribution in [2.45, 2.75) is 0 Å². The summed E-state index contributed by atoms with van der Waals surface area (Å²) in [5.41, 5.74) is 0. The fourth-order valence-electron chi connectivity index (χ4n) is 1.55. The van der Waals surface area contributed by atoms with Gasteiger partial charge in [-0.2, -0.15) is 9.15 Å². The van der Waals surface area contributed by atoms with Crippen molar-refractivity contribution >= 4 is 82.8 Å². The van der Waals surface area contributed by atoms with Crippen molar-refractivity contribution in [3.8, 4) is 0 Å². The second kappa shape index (κ2) is 12.5. The van der Waals surface area contributed by atoms with Gasteiger partial charge in [-0.15, -0.1) is 23.5 Å². The first-order valence-corrected chi connectivity index (χ1v) is 10.0. The fraction of sp³-hybridized carbons (Fsp3) is 0.800. The molecule has 0 bridgehead atoms. The van der Waals surface area contributed by atoms with Crippen LogP contribution in [0.2, 0.25) is 0 Å². The van der Waals surface area contributed by atoms with E-state index in [9.17, 15) is 0 Å². The van der Waals surface area contributed by atoms with Gasteiger partial charge in [-0.05, 0) is 25.3 Å². The zero-order chi connectivity index (χ0) is 13.4. The molecule has 1 radical (unpaired) electrons. The minimum Gasteiger partial charge on any atom is -0.182 e. The van der Waals surface area contributed by atoms with Crippen LogP contribution in [0.15, 0.2) is 0 Å². The van der Waals surface area contributed by atoms with Gasteiger partial charge in [-0.1, -0.05) is 0 Å². The first-order chi connectivity index (χ1) is 8.61. The number of thioether (sulfide) groups is 2. The van der Waals surface area contributed by atoms with Gasteiger partial charge in [-0.25, -0.2) is 0 Å². The van der Waals surface area contributed by atoms with Crippen molar-refractivity contribution in [1.82, 2.24) is 0 Å². The van der Waals surface area contributed by atoms with E-state index in [2.05, 4.69) is 59.7 Å². The summed E-state index contributed by atoms with van der Waals surface area (Å²) in [4.78, 5) is 0. The molecule has 0 aliphatic carbocycles. The molecular weight excluding hydrogens is 404 g/mol. The average Bonchev–Trinajstić information content (AvgIpc) is 2.41. The van der Waals surface area contributed by atoms with Gasteiger partial charge in [0.2, 0.25) is 0 Å². The predicted octanol–water partition coefficient (Wildman–Crippen LogP) is 0.0835. The van der Waals surface area contributed by atoms with E-state index >= 15 is 0 Å². The molecule has 19 heavy (non-hydrogen) atoms. The molecule has 2 aliphatic rings. The fourth-order valence-corrected chi connectivity index (χ4v) is 4.20. The molecule has 9 heteroatoms. The summed E-state index contributed by atoms with van der Waals surface area (Å²) >= 11 is 19.1. The Morgan fingerprint density at radius 3 is 1.16 bits per heavy atom. The Labute approximate surface area is 157 Å². The predicted molar refractivity (Wildman–Crippen MR) is 103 cm³/mol. The van der Waals surface area contributed by atoms with Gasteiger partial charge >= 0.3 is 25.8 Å². The molecule has 0 aromatic rings. The topological polar surface area (TPSA) is 6.02 Å². The van der Waals surface area contributed by atoms with E-state index in [1.54, 1.807) is 0 Å². The van der Waals surface area contributed by atoms with Crippen molar-refractivity contribution in [2.24, 2.45) is 0 Å². The largest absolute Gasteiger partial charge is 2.00 e. The maximum Gasteiger partial charge on any atom is 2.00 e. The first kappa shape index (κ1) is 21.0. The van der Waals surface area contributed by atoms with Crippen molar-refractivity contribution in [3.05, 3.63) is 0 Å². The van der Waals surface area contributed by atoms with Gasteiger partial charge in [0.05, 0.1) is 48.3 Å². The van der Waals surface area contributed by atoms with Crippen LogP contribution in [-0.4, -0.2) is 67.1 Å². The summed E-state index contributed by atoms with van der Waals surface area (Å²) in [6, 6.07) is 0. The van der Waals surface area contributed by atoms with E-state index < -0.39 is 0 Å². The molecule has 2 saturated heterocycles. The monoisotopic (exact) mass is 425 g/mol. The van der Waals surface area contributed by atoms with Gasteiger partial charge in [0.25, 0.3) is 0 Å². The van der Waals surface area contributed by atoms with E-state index in [1.807, 2.05) is 23.5 Å². The summed E-state index contributed by atoms with van der Waals surface area (Å²) in [5, 5.41) is 0. The Balaban J connectivity index is 0.000000324. The summed E-state index contributed by atoms with van der Waals surface area (Å²) < 4.78 is 6.40. The van der Waals surface area contributed by atoms with E-state index in [0.29, 0.717) is 0 Å². The average molecular weight is 426 g/mol. The van der Waals surface area contributed by atoms with Crippen LogP contribution in [0, 0.1) is 0 Å². The SMILES string of the molecule is SC([SH2+])=[N+]1CCSCC1.SC([SH2+])=[N+]1CCSCC1.[Cu+2]. The summed E-state index contributed by atoms with van der Waals surface area (Å²) in [5.74, 6) is 4.92. The van der Waals surface area contributed by atoms with E-state index in [4.69, 9.17) is 0 Å². The maximum atomic E-state index is 4.19. The molecule has 0 aromatic carbocycles. The maximum absolute atomic E-state index is 4.19. The quantitative estimate of drug-likeness (QED) is 0.186. The summed E-state index contributed by atoms with van der Waals surface area (Å²) in [6.45, 7) is 4.53. The minimum absolute atomic E-state index is 0. The molecule has 0 N–H and O–H groups in total. The summed E-state index contributed by atoms with van der Waals surface area (Å²) in [7, 11) is 0. The molecule has 0 amide bonds. The van der Waals surface area contributed by atoms with Crippen LogP contribution >= 0.6 is 48.8 Å². The normalized spacial score (nSPS) is 18.9. The Bertz CT molecular complexity index is 278. The van der Waals surface area contributed by atoms with Crippen LogP contribution < -0.4 is 0 Å². The van der Waals surface area contributed by atoms with E-state index in [0.717, 1.165) is 34.9 Å². The number of thiol groups is 2. The number of hydrogen-bond donors (Lipinski definition) is 2. The number of nitrogens with zero attached hydrogens (tertiary/aromatic N) is 2. The molecule has 2 rings (SSSR count). The van der Waals surface area contributed by atoms with Crippen LogP contribution in [0.25, 0.3) is 0 Å². The van der Waals surface area contributed by atoms with Crippen LogP contribution in [-0.2, 0) is 42.3 Å². The molecule has 0 saturated carbocycles. The minimum atomic E-state index is 0. The second-order valence-corrected chi connectivity index (χ2v) is 8.93. The van der Waals surface area contributed by atoms with Gasteiger partial charge < -0.3 is 0 Å². The van der Waals surface area contributed by atoms with E-state index in [1.165, 1.54) is 23.0 Å². The Hall–Kier alpha value is 1.96. The second-order valence-electron chi connectivity index (χ2n) is 3.85. The van der Waals surface area contributed by atoms with Crippen molar-refractivity contribution in [2.75, 3.05) is 49.2 Å². The molecule has 2 fully saturated rings. The number of hydrogen-bond acceptors (Lipinski definition) is 2. The summed E-state index contributed by atoms with van der Waals surface area (Å²) in [6.07, 6.45) is 0. The van der Waals surface area contributed by atoms with Gasteiger partial charge in [0.1, 0.15) is 0 Å². The number of rotatable bonds is 0. The molecule has 113 valence electrons. The van der Waals surface area contributed by atoms with Crippen molar-refractivity contribution < 1.29 is 26.2 Å².